The zero-order valence-corrected chi connectivity index (χ0v) is 12.9. The average molecular weight is 356 g/mol. The minimum atomic E-state index is -4.65. The number of amides is 1. The van der Waals surface area contributed by atoms with Gasteiger partial charge in [-0.3, -0.25) is 4.79 Å². The number of para-hydroxylation sites is 1. The van der Waals surface area contributed by atoms with Gasteiger partial charge in [-0.15, -0.1) is 11.6 Å². The van der Waals surface area contributed by atoms with Crippen LogP contribution in [0.1, 0.15) is 12.0 Å². The molecule has 4 nitrogen and oxygen atoms in total. The van der Waals surface area contributed by atoms with Crippen molar-refractivity contribution >= 4 is 33.0 Å². The number of hydrogen-bond donors (Lipinski definition) is 0. The van der Waals surface area contributed by atoms with E-state index in [0.29, 0.717) is 0 Å². The number of halogens is 4. The molecule has 0 aliphatic carbocycles. The van der Waals surface area contributed by atoms with Crippen molar-refractivity contribution in [1.82, 2.24) is 0 Å². The molecule has 2 rings (SSSR count). The summed E-state index contributed by atoms with van der Waals surface area (Å²) < 4.78 is 62.5. The number of alkyl halides is 4. The molecular formula is C13H13ClF3NO3S. The summed E-state index contributed by atoms with van der Waals surface area (Å²) in [7, 11) is -3.36. The highest BCUT2D eigenvalue weighted by molar-refractivity contribution is 7.91. The summed E-state index contributed by atoms with van der Waals surface area (Å²) in [5.41, 5.74) is -1.35. The van der Waals surface area contributed by atoms with Crippen LogP contribution in [-0.4, -0.2) is 37.8 Å². The topological polar surface area (TPSA) is 54.5 Å². The molecule has 0 aromatic heterocycles. The maximum absolute atomic E-state index is 13.1. The summed E-state index contributed by atoms with van der Waals surface area (Å²) >= 11 is 5.49. The second kappa shape index (κ2) is 6.08. The molecule has 22 heavy (non-hydrogen) atoms. The van der Waals surface area contributed by atoms with Gasteiger partial charge in [0.1, 0.15) is 5.88 Å². The predicted molar refractivity (Wildman–Crippen MR) is 76.7 cm³/mol. The van der Waals surface area contributed by atoms with E-state index in [1.165, 1.54) is 12.1 Å². The molecule has 1 fully saturated rings. The van der Waals surface area contributed by atoms with Crippen molar-refractivity contribution in [3.05, 3.63) is 29.8 Å². The molecule has 9 heteroatoms. The molecule has 0 saturated carbocycles. The first kappa shape index (κ1) is 17.1. The standard InChI is InChI=1S/C13H13ClF3NO3S/c14-7-12(19)18(9-5-6-22(20,21)8-9)11-4-2-1-3-10(11)13(15,16)17/h1-4,9H,5-8H2/t9-/m0/s1. The molecule has 1 aliphatic heterocycles. The molecular weight excluding hydrogens is 343 g/mol. The van der Waals surface area contributed by atoms with Crippen molar-refractivity contribution in [2.45, 2.75) is 18.6 Å². The lowest BCUT2D eigenvalue weighted by Crippen LogP contribution is -2.43. The van der Waals surface area contributed by atoms with E-state index in [1.54, 1.807) is 0 Å². The molecule has 1 aromatic carbocycles. The maximum Gasteiger partial charge on any atom is 0.418 e. The Bertz CT molecular complexity index is 675. The Morgan fingerprint density at radius 2 is 1.95 bits per heavy atom. The van der Waals surface area contributed by atoms with Gasteiger partial charge in [0, 0.05) is 0 Å². The number of carbonyl (C=O) groups is 1. The third-order valence-electron chi connectivity index (χ3n) is 3.43. The summed E-state index contributed by atoms with van der Waals surface area (Å²) in [5.74, 6) is -1.79. The Morgan fingerprint density at radius 1 is 1.32 bits per heavy atom. The summed E-state index contributed by atoms with van der Waals surface area (Å²) in [5, 5.41) is 0. The van der Waals surface area contributed by atoms with E-state index < -0.39 is 39.4 Å². The monoisotopic (exact) mass is 355 g/mol. The zero-order valence-electron chi connectivity index (χ0n) is 11.3. The zero-order chi connectivity index (χ0) is 16.5. The lowest BCUT2D eigenvalue weighted by atomic mass is 10.1. The van der Waals surface area contributed by atoms with Gasteiger partial charge in [0.2, 0.25) is 5.91 Å². The van der Waals surface area contributed by atoms with E-state index in [1.807, 2.05) is 0 Å². The Morgan fingerprint density at radius 3 is 2.45 bits per heavy atom. The first-order valence-electron chi connectivity index (χ1n) is 6.40. The fourth-order valence-corrected chi connectivity index (χ4v) is 4.33. The highest BCUT2D eigenvalue weighted by atomic mass is 35.5. The predicted octanol–water partition coefficient (Wildman–Crippen LogP) is 2.46. The Balaban J connectivity index is 2.50. The number of anilines is 1. The van der Waals surface area contributed by atoms with Gasteiger partial charge >= 0.3 is 6.18 Å². The van der Waals surface area contributed by atoms with Crippen LogP contribution >= 0.6 is 11.6 Å². The van der Waals surface area contributed by atoms with Gasteiger partial charge in [-0.2, -0.15) is 13.2 Å². The summed E-state index contributed by atoms with van der Waals surface area (Å²) in [4.78, 5) is 12.9. The fourth-order valence-electron chi connectivity index (χ4n) is 2.50. The van der Waals surface area contributed by atoms with Crippen molar-refractivity contribution in [2.24, 2.45) is 0 Å². The van der Waals surface area contributed by atoms with Crippen LogP contribution in [0.3, 0.4) is 0 Å². The molecule has 1 aliphatic rings. The van der Waals surface area contributed by atoms with Crippen molar-refractivity contribution < 1.29 is 26.4 Å². The molecule has 0 bridgehead atoms. The normalized spacial score (nSPS) is 20.8. The van der Waals surface area contributed by atoms with Crippen LogP contribution in [0.5, 0.6) is 0 Å². The fraction of sp³-hybridized carbons (Fsp3) is 0.462. The highest BCUT2D eigenvalue weighted by Gasteiger charge is 2.40. The molecule has 1 heterocycles. The largest absolute Gasteiger partial charge is 0.418 e. The van der Waals surface area contributed by atoms with Gasteiger partial charge in [0.15, 0.2) is 9.84 Å². The Kier molecular flexibility index (Phi) is 4.72. The molecule has 122 valence electrons. The quantitative estimate of drug-likeness (QED) is 0.783. The van der Waals surface area contributed by atoms with Crippen molar-refractivity contribution in [3.8, 4) is 0 Å². The third-order valence-corrected chi connectivity index (χ3v) is 5.40. The molecule has 1 saturated heterocycles. The van der Waals surface area contributed by atoms with Crippen molar-refractivity contribution in [1.29, 1.82) is 0 Å². The van der Waals surface area contributed by atoms with Crippen molar-refractivity contribution in [3.63, 3.8) is 0 Å². The number of nitrogens with zero attached hydrogens (tertiary/aromatic N) is 1. The van der Waals surface area contributed by atoms with Gasteiger partial charge in [-0.25, -0.2) is 8.42 Å². The Labute approximate surface area is 130 Å². The second-order valence-corrected chi connectivity index (χ2v) is 7.47. The third kappa shape index (κ3) is 3.55. The summed E-state index contributed by atoms with van der Waals surface area (Å²) in [6, 6.07) is 3.74. The van der Waals surface area contributed by atoms with Gasteiger partial charge in [0.05, 0.1) is 28.8 Å². The van der Waals surface area contributed by atoms with E-state index in [-0.39, 0.29) is 23.6 Å². The van der Waals surface area contributed by atoms with Gasteiger partial charge in [0.25, 0.3) is 0 Å². The highest BCUT2D eigenvalue weighted by Crippen LogP contribution is 2.38. The van der Waals surface area contributed by atoms with Crippen LogP contribution < -0.4 is 4.90 Å². The Hall–Kier alpha value is -1.28. The van der Waals surface area contributed by atoms with Crippen LogP contribution in [0.25, 0.3) is 0 Å². The van der Waals surface area contributed by atoms with E-state index in [0.717, 1.165) is 17.0 Å². The van der Waals surface area contributed by atoms with Gasteiger partial charge in [-0.05, 0) is 18.6 Å². The van der Waals surface area contributed by atoms with Crippen LogP contribution in [-0.2, 0) is 20.8 Å². The molecule has 1 aromatic rings. The summed E-state index contributed by atoms with van der Waals surface area (Å²) in [6.07, 6.45) is -4.56. The molecule has 0 radical (unpaired) electrons. The minimum absolute atomic E-state index is 0.0944. The molecule has 0 unspecified atom stereocenters. The van der Waals surface area contributed by atoms with Crippen LogP contribution in [0, 0.1) is 0 Å². The SMILES string of the molecule is O=C(CCl)N(c1ccccc1C(F)(F)F)[C@H]1CCS(=O)(=O)C1. The van der Waals surface area contributed by atoms with E-state index in [2.05, 4.69) is 0 Å². The first-order valence-corrected chi connectivity index (χ1v) is 8.76. The molecule has 0 N–H and O–H groups in total. The average Bonchev–Trinajstić information content (AvgIpc) is 2.78. The van der Waals surface area contributed by atoms with Gasteiger partial charge < -0.3 is 4.90 Å². The number of rotatable bonds is 3. The number of sulfone groups is 1. The maximum atomic E-state index is 13.1. The van der Waals surface area contributed by atoms with E-state index in [9.17, 15) is 26.4 Å². The number of carbonyl (C=O) groups excluding carboxylic acids is 1. The van der Waals surface area contributed by atoms with Crippen molar-refractivity contribution in [2.75, 3.05) is 22.3 Å². The van der Waals surface area contributed by atoms with Crippen LogP contribution in [0.2, 0.25) is 0 Å². The molecule has 1 atom stereocenters. The molecule has 1 amide bonds. The minimum Gasteiger partial charge on any atom is -0.307 e. The first-order chi connectivity index (χ1) is 10.2. The lowest BCUT2D eigenvalue weighted by Gasteiger charge is -2.30. The van der Waals surface area contributed by atoms with E-state index >= 15 is 0 Å². The second-order valence-electron chi connectivity index (χ2n) is 4.97. The van der Waals surface area contributed by atoms with Crippen LogP contribution in [0.4, 0.5) is 18.9 Å². The number of benzene rings is 1. The van der Waals surface area contributed by atoms with Crippen LogP contribution in [0.15, 0.2) is 24.3 Å². The lowest BCUT2D eigenvalue weighted by molar-refractivity contribution is -0.137. The van der Waals surface area contributed by atoms with Gasteiger partial charge in [-0.1, -0.05) is 12.1 Å². The number of hydrogen-bond acceptors (Lipinski definition) is 3. The van der Waals surface area contributed by atoms with E-state index in [4.69, 9.17) is 11.6 Å². The molecule has 0 spiro atoms. The smallest absolute Gasteiger partial charge is 0.307 e. The summed E-state index contributed by atoms with van der Waals surface area (Å²) in [6.45, 7) is 0.